The average molecular weight is 423 g/mol. The smallest absolute Gasteiger partial charge is 0.193 e. The van der Waals surface area contributed by atoms with Gasteiger partial charge in [0.15, 0.2) is 5.96 Å². The molecule has 0 radical (unpaired) electrons. The lowest BCUT2D eigenvalue weighted by atomic mass is 10.1. The van der Waals surface area contributed by atoms with Gasteiger partial charge in [0.1, 0.15) is 9.84 Å². The van der Waals surface area contributed by atoms with Gasteiger partial charge >= 0.3 is 0 Å². The summed E-state index contributed by atoms with van der Waals surface area (Å²) in [4.78, 5) is 4.29. The summed E-state index contributed by atoms with van der Waals surface area (Å²) in [6, 6.07) is 7.84. The van der Waals surface area contributed by atoms with Crippen LogP contribution in [0.5, 0.6) is 0 Å². The molecule has 7 heteroatoms. The molecular formula is C14H22IN3O2S. The molecule has 2 rings (SSSR count). The van der Waals surface area contributed by atoms with Gasteiger partial charge in [-0.25, -0.2) is 8.42 Å². The predicted molar refractivity (Wildman–Crippen MR) is 98.1 cm³/mol. The third kappa shape index (κ3) is 6.21. The number of anilines is 1. The van der Waals surface area contributed by atoms with E-state index < -0.39 is 9.84 Å². The summed E-state index contributed by atoms with van der Waals surface area (Å²) in [5.41, 5.74) is 7.68. The van der Waals surface area contributed by atoms with E-state index in [1.165, 1.54) is 6.26 Å². The zero-order valence-corrected chi connectivity index (χ0v) is 15.4. The lowest BCUT2D eigenvalue weighted by Gasteiger charge is -2.12. The summed E-state index contributed by atoms with van der Waals surface area (Å²) >= 11 is 0. The number of aryl methyl sites for hydroxylation is 1. The van der Waals surface area contributed by atoms with E-state index in [2.05, 4.69) is 10.3 Å². The van der Waals surface area contributed by atoms with Crippen molar-refractivity contribution in [1.82, 2.24) is 0 Å². The summed E-state index contributed by atoms with van der Waals surface area (Å²) < 4.78 is 22.7. The molecule has 0 aliphatic heterocycles. The van der Waals surface area contributed by atoms with E-state index in [-0.39, 0.29) is 35.1 Å². The highest BCUT2D eigenvalue weighted by atomic mass is 127. The number of nitrogens with one attached hydrogen (secondary N) is 1. The van der Waals surface area contributed by atoms with Crippen molar-refractivity contribution >= 4 is 45.5 Å². The number of guanidine groups is 1. The van der Waals surface area contributed by atoms with Gasteiger partial charge in [-0.2, -0.15) is 0 Å². The summed E-state index contributed by atoms with van der Waals surface area (Å²) in [5, 5.41) is 3.02. The summed E-state index contributed by atoms with van der Waals surface area (Å²) in [7, 11) is -2.96. The van der Waals surface area contributed by atoms with Crippen molar-refractivity contribution in [2.75, 3.05) is 23.9 Å². The minimum Gasteiger partial charge on any atom is -0.370 e. The molecule has 5 nitrogen and oxygen atoms in total. The average Bonchev–Trinajstić information content (AvgIpc) is 3.04. The number of halogens is 1. The van der Waals surface area contributed by atoms with Crippen LogP contribution in [-0.4, -0.2) is 32.9 Å². The zero-order chi connectivity index (χ0) is 14.8. The second kappa shape index (κ2) is 6.95. The maximum Gasteiger partial charge on any atom is 0.193 e. The molecule has 3 N–H and O–H groups in total. The van der Waals surface area contributed by atoms with E-state index >= 15 is 0 Å². The Hall–Kier alpha value is -0.830. The van der Waals surface area contributed by atoms with Gasteiger partial charge in [0.25, 0.3) is 0 Å². The van der Waals surface area contributed by atoms with Crippen LogP contribution >= 0.6 is 24.0 Å². The summed E-state index contributed by atoms with van der Waals surface area (Å²) in [6.45, 7) is 2.47. The lowest BCUT2D eigenvalue weighted by molar-refractivity contribution is 0.552. The number of sulfone groups is 1. The fourth-order valence-electron chi connectivity index (χ4n) is 2.24. The first-order valence-electron chi connectivity index (χ1n) is 6.59. The highest BCUT2D eigenvalue weighted by Gasteiger charge is 2.45. The second-order valence-corrected chi connectivity index (χ2v) is 7.91. The molecular weight excluding hydrogens is 401 g/mol. The van der Waals surface area contributed by atoms with Crippen molar-refractivity contribution in [3.8, 4) is 0 Å². The topological polar surface area (TPSA) is 84.5 Å². The number of aliphatic imine (C=N–C) groups is 1. The van der Waals surface area contributed by atoms with Gasteiger partial charge in [0.2, 0.25) is 0 Å². The third-order valence-corrected chi connectivity index (χ3v) is 4.54. The Balaban J connectivity index is 0.00000220. The Bertz CT molecular complexity index is 625. The Morgan fingerprint density at radius 2 is 2.10 bits per heavy atom. The van der Waals surface area contributed by atoms with Gasteiger partial charge < -0.3 is 11.1 Å². The van der Waals surface area contributed by atoms with Crippen LogP contribution < -0.4 is 11.1 Å². The Labute approximate surface area is 143 Å². The fourth-order valence-corrected chi connectivity index (χ4v) is 3.74. The second-order valence-electron chi connectivity index (χ2n) is 5.77. The molecule has 21 heavy (non-hydrogen) atoms. The van der Waals surface area contributed by atoms with Gasteiger partial charge in [0.05, 0.1) is 5.75 Å². The van der Waals surface area contributed by atoms with Gasteiger partial charge in [-0.05, 0) is 37.5 Å². The predicted octanol–water partition coefficient (Wildman–Crippen LogP) is 2.16. The Kier molecular flexibility index (Phi) is 6.03. The highest BCUT2D eigenvalue weighted by Crippen LogP contribution is 2.46. The van der Waals surface area contributed by atoms with Crippen LogP contribution in [0.3, 0.4) is 0 Å². The standard InChI is InChI=1S/C14H21N3O2S.HI/c1-11-4-3-5-12(8-11)17-13(15)16-9-14(6-7-14)10-20(2,18)19;/h3-5,8H,6-7,9-10H2,1-2H3,(H3,15,16,17);1H. The molecule has 1 fully saturated rings. The quantitative estimate of drug-likeness (QED) is 0.432. The van der Waals surface area contributed by atoms with Crippen LogP contribution in [0.4, 0.5) is 5.69 Å². The van der Waals surface area contributed by atoms with Gasteiger partial charge in [-0.15, -0.1) is 24.0 Å². The van der Waals surface area contributed by atoms with Gasteiger partial charge in [-0.1, -0.05) is 12.1 Å². The maximum absolute atomic E-state index is 11.4. The third-order valence-electron chi connectivity index (χ3n) is 3.40. The van der Waals surface area contributed by atoms with Gasteiger partial charge in [-0.3, -0.25) is 4.99 Å². The van der Waals surface area contributed by atoms with Crippen LogP contribution in [0.1, 0.15) is 18.4 Å². The number of benzene rings is 1. The van der Waals surface area contributed by atoms with Crippen LogP contribution in [0.2, 0.25) is 0 Å². The van der Waals surface area contributed by atoms with E-state index in [4.69, 9.17) is 5.73 Å². The minimum atomic E-state index is -2.96. The lowest BCUT2D eigenvalue weighted by Crippen LogP contribution is -2.26. The van der Waals surface area contributed by atoms with Crippen molar-refractivity contribution in [1.29, 1.82) is 0 Å². The number of hydrogen-bond donors (Lipinski definition) is 2. The molecule has 0 heterocycles. The number of nitrogens with zero attached hydrogens (tertiary/aromatic N) is 1. The molecule has 1 aliphatic carbocycles. The molecule has 0 unspecified atom stereocenters. The molecule has 0 saturated heterocycles. The molecule has 0 amide bonds. The van der Waals surface area contributed by atoms with E-state index in [1.54, 1.807) is 0 Å². The van der Waals surface area contributed by atoms with Crippen molar-refractivity contribution < 1.29 is 8.42 Å². The summed E-state index contributed by atoms with van der Waals surface area (Å²) in [5.74, 6) is 0.525. The SMILES string of the molecule is Cc1cccc(NC(N)=NCC2(CS(C)(=O)=O)CC2)c1.I. The molecule has 0 spiro atoms. The molecule has 1 aliphatic rings. The van der Waals surface area contributed by atoms with E-state index in [0.717, 1.165) is 24.1 Å². The number of nitrogens with two attached hydrogens (primary N) is 1. The van der Waals surface area contributed by atoms with Crippen molar-refractivity contribution in [2.24, 2.45) is 16.1 Å². The van der Waals surface area contributed by atoms with Crippen LogP contribution in [0, 0.1) is 12.3 Å². The van der Waals surface area contributed by atoms with Crippen LogP contribution in [0.15, 0.2) is 29.3 Å². The van der Waals surface area contributed by atoms with E-state index in [1.807, 2.05) is 31.2 Å². The first-order valence-corrected chi connectivity index (χ1v) is 8.65. The minimum absolute atomic E-state index is 0. The normalized spacial score (nSPS) is 17.0. The number of rotatable bonds is 5. The Morgan fingerprint density at radius 3 is 2.62 bits per heavy atom. The zero-order valence-electron chi connectivity index (χ0n) is 12.3. The van der Waals surface area contributed by atoms with Crippen molar-refractivity contribution in [3.63, 3.8) is 0 Å². The van der Waals surface area contributed by atoms with Crippen LogP contribution in [-0.2, 0) is 9.84 Å². The monoisotopic (exact) mass is 423 g/mol. The van der Waals surface area contributed by atoms with E-state index in [0.29, 0.717) is 12.5 Å². The molecule has 0 atom stereocenters. The van der Waals surface area contributed by atoms with Crippen molar-refractivity contribution in [2.45, 2.75) is 19.8 Å². The first-order chi connectivity index (χ1) is 9.28. The molecule has 1 aromatic rings. The molecule has 0 aromatic heterocycles. The van der Waals surface area contributed by atoms with Crippen molar-refractivity contribution in [3.05, 3.63) is 29.8 Å². The van der Waals surface area contributed by atoms with Crippen LogP contribution in [0.25, 0.3) is 0 Å². The first kappa shape index (κ1) is 18.2. The maximum atomic E-state index is 11.4. The molecule has 1 saturated carbocycles. The summed E-state index contributed by atoms with van der Waals surface area (Å²) in [6.07, 6.45) is 3.08. The molecule has 118 valence electrons. The molecule has 1 aromatic carbocycles. The van der Waals surface area contributed by atoms with E-state index in [9.17, 15) is 8.42 Å². The van der Waals surface area contributed by atoms with Gasteiger partial charge in [0, 0.05) is 23.9 Å². The Morgan fingerprint density at radius 1 is 1.43 bits per heavy atom. The molecule has 0 bridgehead atoms. The highest BCUT2D eigenvalue weighted by molar-refractivity contribution is 14.0. The number of hydrogen-bond acceptors (Lipinski definition) is 3. The fraction of sp³-hybridized carbons (Fsp3) is 0.500. The largest absolute Gasteiger partial charge is 0.370 e.